The molecule has 3 heteroatoms. The summed E-state index contributed by atoms with van der Waals surface area (Å²) in [6, 6.07) is 44.8. The van der Waals surface area contributed by atoms with E-state index in [9.17, 15) is 0 Å². The highest BCUT2D eigenvalue weighted by Crippen LogP contribution is 2.47. The summed E-state index contributed by atoms with van der Waals surface area (Å²) in [6.45, 7) is 0. The van der Waals surface area contributed by atoms with Gasteiger partial charge in [-0.3, -0.25) is 0 Å². The number of fused-ring (bicyclic) bond motifs is 10. The van der Waals surface area contributed by atoms with Crippen LogP contribution in [-0.4, -0.2) is 0 Å². The van der Waals surface area contributed by atoms with Gasteiger partial charge in [0.15, 0.2) is 0 Å². The maximum atomic E-state index is 6.53. The van der Waals surface area contributed by atoms with E-state index in [0.717, 1.165) is 66.0 Å². The van der Waals surface area contributed by atoms with Gasteiger partial charge in [0.25, 0.3) is 0 Å². The molecule has 0 bridgehead atoms. The SMILES string of the molecule is c1ccc2c(c1)oc1c(-c3c4ccccc4c(-c4ccc5c(c4)oc4ccc6ccoc6c45)c4ccccc34)cccc12. The van der Waals surface area contributed by atoms with E-state index < -0.39 is 0 Å². The summed E-state index contributed by atoms with van der Waals surface area (Å²) >= 11 is 0. The van der Waals surface area contributed by atoms with E-state index in [1.54, 1.807) is 6.26 Å². The molecule has 0 aliphatic carbocycles. The summed E-state index contributed by atoms with van der Waals surface area (Å²) in [6.07, 6.45) is 1.74. The maximum absolute atomic E-state index is 6.53. The van der Waals surface area contributed by atoms with Crippen molar-refractivity contribution in [1.29, 1.82) is 0 Å². The first kappa shape index (κ1) is 22.8. The smallest absolute Gasteiger partial charge is 0.145 e. The third-order valence-electron chi connectivity index (χ3n) is 8.95. The van der Waals surface area contributed by atoms with Crippen LogP contribution in [0.15, 0.2) is 147 Å². The Morgan fingerprint density at radius 3 is 1.88 bits per heavy atom. The molecule has 7 aromatic carbocycles. The quantitative estimate of drug-likeness (QED) is 0.201. The van der Waals surface area contributed by atoms with Gasteiger partial charge in [0.1, 0.15) is 27.9 Å². The number of benzene rings is 7. The van der Waals surface area contributed by atoms with Crippen LogP contribution < -0.4 is 0 Å². The fourth-order valence-electron chi connectivity index (χ4n) is 7.12. The molecule has 0 fully saturated rings. The lowest BCUT2D eigenvalue weighted by atomic mass is 9.85. The summed E-state index contributed by atoms with van der Waals surface area (Å²) in [4.78, 5) is 0. The van der Waals surface area contributed by atoms with E-state index in [0.29, 0.717) is 0 Å². The van der Waals surface area contributed by atoms with Crippen LogP contribution in [0.5, 0.6) is 0 Å². The van der Waals surface area contributed by atoms with Gasteiger partial charge in [-0.15, -0.1) is 0 Å². The molecule has 3 heterocycles. The fourth-order valence-corrected chi connectivity index (χ4v) is 7.12. The van der Waals surface area contributed by atoms with Crippen molar-refractivity contribution in [3.05, 3.63) is 134 Å². The van der Waals surface area contributed by atoms with Crippen molar-refractivity contribution >= 4 is 76.4 Å². The highest BCUT2D eigenvalue weighted by atomic mass is 16.3. The topological polar surface area (TPSA) is 39.4 Å². The minimum atomic E-state index is 0.832. The molecule has 0 saturated heterocycles. The van der Waals surface area contributed by atoms with Crippen molar-refractivity contribution in [2.45, 2.75) is 0 Å². The Kier molecular flexibility index (Phi) is 4.45. The highest BCUT2D eigenvalue weighted by Gasteiger charge is 2.21. The minimum Gasteiger partial charge on any atom is -0.464 e. The Hall–Kier alpha value is -5.80. The van der Waals surface area contributed by atoms with E-state index in [-0.39, 0.29) is 0 Å². The van der Waals surface area contributed by atoms with Gasteiger partial charge in [-0.2, -0.15) is 0 Å². The third-order valence-corrected chi connectivity index (χ3v) is 8.95. The van der Waals surface area contributed by atoms with Crippen LogP contribution in [0.3, 0.4) is 0 Å². The molecule has 0 aliphatic heterocycles. The van der Waals surface area contributed by atoms with E-state index in [2.05, 4.69) is 97.1 Å². The summed E-state index contributed by atoms with van der Waals surface area (Å²) < 4.78 is 18.8. The average molecular weight is 551 g/mol. The van der Waals surface area contributed by atoms with Crippen LogP contribution in [-0.2, 0) is 0 Å². The normalized spacial score (nSPS) is 12.2. The van der Waals surface area contributed by atoms with E-state index >= 15 is 0 Å². The Morgan fingerprint density at radius 1 is 0.395 bits per heavy atom. The zero-order valence-corrected chi connectivity index (χ0v) is 22.9. The largest absolute Gasteiger partial charge is 0.464 e. The Labute approximate surface area is 245 Å². The fraction of sp³-hybridized carbons (Fsp3) is 0. The van der Waals surface area contributed by atoms with E-state index in [1.165, 1.54) is 32.7 Å². The zero-order valence-electron chi connectivity index (χ0n) is 22.9. The van der Waals surface area contributed by atoms with Gasteiger partial charge in [0, 0.05) is 32.7 Å². The van der Waals surface area contributed by atoms with Gasteiger partial charge < -0.3 is 13.3 Å². The second-order valence-corrected chi connectivity index (χ2v) is 11.2. The lowest BCUT2D eigenvalue weighted by molar-refractivity contribution is 0.618. The molecule has 0 N–H and O–H groups in total. The van der Waals surface area contributed by atoms with Crippen molar-refractivity contribution < 1.29 is 13.3 Å². The highest BCUT2D eigenvalue weighted by molar-refractivity contribution is 6.25. The first-order valence-electron chi connectivity index (χ1n) is 14.5. The van der Waals surface area contributed by atoms with Crippen molar-refractivity contribution in [2.75, 3.05) is 0 Å². The molecule has 200 valence electrons. The monoisotopic (exact) mass is 550 g/mol. The van der Waals surface area contributed by atoms with Crippen LogP contribution in [0.4, 0.5) is 0 Å². The molecule has 0 amide bonds. The number of furan rings is 3. The first-order valence-corrected chi connectivity index (χ1v) is 14.5. The zero-order chi connectivity index (χ0) is 28.1. The second-order valence-electron chi connectivity index (χ2n) is 11.2. The average Bonchev–Trinajstić information content (AvgIpc) is 3.78. The van der Waals surface area contributed by atoms with Gasteiger partial charge in [0.2, 0.25) is 0 Å². The Bertz CT molecular complexity index is 2680. The number of hydrogen-bond acceptors (Lipinski definition) is 3. The van der Waals surface area contributed by atoms with Crippen molar-refractivity contribution in [2.24, 2.45) is 0 Å². The molecule has 10 aromatic rings. The molecule has 10 rings (SSSR count). The lowest BCUT2D eigenvalue weighted by Crippen LogP contribution is -1.91. The number of rotatable bonds is 2. The summed E-state index contributed by atoms with van der Waals surface area (Å²) in [5.74, 6) is 0. The molecule has 0 aliphatic rings. The van der Waals surface area contributed by atoms with Gasteiger partial charge in [-0.1, -0.05) is 91.0 Å². The summed E-state index contributed by atoms with van der Waals surface area (Å²) in [7, 11) is 0. The standard InChI is InChI=1S/C40H22O3/c1-3-11-28-26(9-1)36(24-16-18-31-35(22-24)42-34-19-17-23-20-21-41-39(23)38(31)34)27-10-2-4-12-29(27)37(28)32-14-7-13-30-25-8-5-6-15-33(25)43-40(30)32/h1-22H. The van der Waals surface area contributed by atoms with Crippen LogP contribution in [0.2, 0.25) is 0 Å². The number of para-hydroxylation sites is 2. The molecule has 3 aromatic heterocycles. The van der Waals surface area contributed by atoms with E-state index in [4.69, 9.17) is 13.3 Å². The van der Waals surface area contributed by atoms with Crippen molar-refractivity contribution in [3.63, 3.8) is 0 Å². The molecule has 0 unspecified atom stereocenters. The van der Waals surface area contributed by atoms with Crippen molar-refractivity contribution in [1.82, 2.24) is 0 Å². The summed E-state index contributed by atoms with van der Waals surface area (Å²) in [5, 5.41) is 10.2. The lowest BCUT2D eigenvalue weighted by Gasteiger charge is -2.17. The molecule has 43 heavy (non-hydrogen) atoms. The van der Waals surface area contributed by atoms with Crippen LogP contribution in [0, 0.1) is 0 Å². The maximum Gasteiger partial charge on any atom is 0.145 e. The molecule has 3 nitrogen and oxygen atoms in total. The molecule has 0 spiro atoms. The first-order chi connectivity index (χ1) is 21.3. The Balaban J connectivity index is 1.30. The molecular formula is C40H22O3. The minimum absolute atomic E-state index is 0.832. The Morgan fingerprint density at radius 2 is 1.09 bits per heavy atom. The van der Waals surface area contributed by atoms with Crippen LogP contribution in [0.25, 0.3) is 98.6 Å². The molecule has 0 atom stereocenters. The van der Waals surface area contributed by atoms with Crippen molar-refractivity contribution in [3.8, 4) is 22.3 Å². The molecule has 0 radical (unpaired) electrons. The molecule has 0 saturated carbocycles. The molecular weight excluding hydrogens is 528 g/mol. The van der Waals surface area contributed by atoms with Gasteiger partial charge in [-0.05, 0) is 69.1 Å². The predicted octanol–water partition coefficient (Wildman–Crippen LogP) is 11.9. The summed E-state index contributed by atoms with van der Waals surface area (Å²) in [5.41, 5.74) is 8.96. The van der Waals surface area contributed by atoms with Gasteiger partial charge in [0.05, 0.1) is 11.6 Å². The predicted molar refractivity (Wildman–Crippen MR) is 177 cm³/mol. The second kappa shape index (κ2) is 8.37. The van der Waals surface area contributed by atoms with Gasteiger partial charge in [-0.25, -0.2) is 0 Å². The van der Waals surface area contributed by atoms with Gasteiger partial charge >= 0.3 is 0 Å². The van der Waals surface area contributed by atoms with E-state index in [1.807, 2.05) is 30.3 Å². The number of hydrogen-bond donors (Lipinski definition) is 0. The van der Waals surface area contributed by atoms with Crippen LogP contribution in [0.1, 0.15) is 0 Å². The van der Waals surface area contributed by atoms with Crippen LogP contribution >= 0.6 is 0 Å². The third kappa shape index (κ3) is 3.08.